The molecule has 342 valence electrons. The van der Waals surface area contributed by atoms with Crippen LogP contribution in [0.4, 0.5) is 0 Å². The van der Waals surface area contributed by atoms with E-state index < -0.39 is 0 Å². The monoisotopic (exact) mass is 896 g/mol. The molecule has 1 aromatic heterocycles. The van der Waals surface area contributed by atoms with E-state index in [1.807, 2.05) is 0 Å². The van der Waals surface area contributed by atoms with Gasteiger partial charge in [0.25, 0.3) is 0 Å². The molecule has 11 rings (SSSR count). The van der Waals surface area contributed by atoms with Crippen LogP contribution in [0.1, 0.15) is 105 Å². The molecular formula is C68H64O. The Bertz CT molecular complexity index is 3680. The summed E-state index contributed by atoms with van der Waals surface area (Å²) in [7, 11) is 0. The zero-order chi connectivity index (χ0) is 48.4. The Morgan fingerprint density at radius 1 is 0.275 bits per heavy atom. The van der Waals surface area contributed by atoms with Crippen molar-refractivity contribution in [3.8, 4) is 44.5 Å². The largest absolute Gasteiger partial charge is 0.455 e. The van der Waals surface area contributed by atoms with Crippen LogP contribution in [-0.4, -0.2) is 0 Å². The lowest BCUT2D eigenvalue weighted by Crippen LogP contribution is -2.16. The van der Waals surface area contributed by atoms with E-state index in [-0.39, 0.29) is 21.7 Å². The molecule has 0 atom stereocenters. The zero-order valence-electron chi connectivity index (χ0n) is 42.6. The van der Waals surface area contributed by atoms with Gasteiger partial charge >= 0.3 is 0 Å². The highest BCUT2D eigenvalue weighted by Gasteiger charge is 2.27. The molecule has 0 radical (unpaired) electrons. The first-order chi connectivity index (χ1) is 32.8. The number of hydrogen-bond acceptors (Lipinski definition) is 1. The third kappa shape index (κ3) is 7.45. The summed E-state index contributed by atoms with van der Waals surface area (Å²) in [4.78, 5) is 0. The maximum atomic E-state index is 7.23. The van der Waals surface area contributed by atoms with Gasteiger partial charge < -0.3 is 4.42 Å². The van der Waals surface area contributed by atoms with E-state index in [1.54, 1.807) is 0 Å². The molecule has 69 heavy (non-hydrogen) atoms. The Morgan fingerprint density at radius 3 is 0.913 bits per heavy atom. The Balaban J connectivity index is 1.19. The highest BCUT2D eigenvalue weighted by molar-refractivity contribution is 6.28. The Labute approximate surface area is 408 Å². The fraction of sp³-hybridized carbons (Fsp3) is 0.235. The minimum absolute atomic E-state index is 0.00673. The maximum absolute atomic E-state index is 7.23. The van der Waals surface area contributed by atoms with Crippen LogP contribution in [0.5, 0.6) is 0 Å². The quantitative estimate of drug-likeness (QED) is 0.160. The fourth-order valence-electron chi connectivity index (χ4n) is 11.0. The first-order valence-electron chi connectivity index (χ1n) is 24.9. The number of hydrogen-bond donors (Lipinski definition) is 0. The van der Waals surface area contributed by atoms with Gasteiger partial charge in [-0.3, -0.25) is 0 Å². The van der Waals surface area contributed by atoms with Crippen molar-refractivity contribution in [2.24, 2.45) is 0 Å². The lowest BCUT2D eigenvalue weighted by Gasteiger charge is -2.27. The Hall–Kier alpha value is -6.96. The summed E-state index contributed by atoms with van der Waals surface area (Å²) in [6.45, 7) is 27.9. The van der Waals surface area contributed by atoms with Crippen molar-refractivity contribution in [1.82, 2.24) is 0 Å². The summed E-state index contributed by atoms with van der Waals surface area (Å²) < 4.78 is 7.23. The molecule has 0 N–H and O–H groups in total. The molecule has 1 heteroatoms. The lowest BCUT2D eigenvalue weighted by molar-refractivity contribution is 0.568. The molecule has 0 aliphatic rings. The minimum atomic E-state index is -0.00777. The Kier molecular flexibility index (Phi) is 10.2. The summed E-state index contributed by atoms with van der Waals surface area (Å²) in [5, 5.41) is 12.2. The molecule has 0 fully saturated rings. The van der Waals surface area contributed by atoms with Crippen LogP contribution in [0.25, 0.3) is 110 Å². The summed E-state index contributed by atoms with van der Waals surface area (Å²) in [6, 6.07) is 64.2. The molecule has 1 nitrogen and oxygen atoms in total. The number of rotatable bonds is 4. The molecule has 0 amide bonds. The van der Waals surface area contributed by atoms with Gasteiger partial charge in [0, 0.05) is 21.9 Å². The predicted molar refractivity (Wildman–Crippen MR) is 300 cm³/mol. The molecule has 0 unspecified atom stereocenters. The third-order valence-electron chi connectivity index (χ3n) is 14.8. The van der Waals surface area contributed by atoms with Crippen LogP contribution in [0, 0.1) is 0 Å². The first kappa shape index (κ1) is 44.5. The van der Waals surface area contributed by atoms with Crippen molar-refractivity contribution >= 4 is 65.0 Å². The van der Waals surface area contributed by atoms with Crippen molar-refractivity contribution in [3.63, 3.8) is 0 Å². The fourth-order valence-corrected chi connectivity index (χ4v) is 11.0. The second-order valence-electron chi connectivity index (χ2n) is 23.7. The van der Waals surface area contributed by atoms with Crippen LogP contribution in [0.3, 0.4) is 0 Å². The predicted octanol–water partition coefficient (Wildman–Crippen LogP) is 20.1. The molecule has 0 aliphatic heterocycles. The second-order valence-corrected chi connectivity index (χ2v) is 23.7. The van der Waals surface area contributed by atoms with Gasteiger partial charge in [0.1, 0.15) is 11.2 Å². The van der Waals surface area contributed by atoms with Gasteiger partial charge in [-0.05, 0) is 126 Å². The second kappa shape index (κ2) is 15.8. The molecular weight excluding hydrogens is 833 g/mol. The third-order valence-corrected chi connectivity index (χ3v) is 14.8. The van der Waals surface area contributed by atoms with Crippen molar-refractivity contribution in [3.05, 3.63) is 192 Å². The molecule has 0 saturated carbocycles. The van der Waals surface area contributed by atoms with Crippen LogP contribution in [0.2, 0.25) is 0 Å². The summed E-state index contributed by atoms with van der Waals surface area (Å²) in [5.74, 6) is 0. The van der Waals surface area contributed by atoms with Gasteiger partial charge in [-0.15, -0.1) is 0 Å². The number of benzene rings is 10. The van der Waals surface area contributed by atoms with Crippen molar-refractivity contribution in [2.45, 2.75) is 105 Å². The van der Waals surface area contributed by atoms with E-state index in [2.05, 4.69) is 253 Å². The summed E-state index contributed by atoms with van der Waals surface area (Å²) >= 11 is 0. The normalized spacial score (nSPS) is 12.9. The van der Waals surface area contributed by atoms with E-state index in [0.717, 1.165) is 27.5 Å². The average Bonchev–Trinajstić information content (AvgIpc) is 3.71. The highest BCUT2D eigenvalue weighted by Crippen LogP contribution is 2.51. The van der Waals surface area contributed by atoms with Gasteiger partial charge in [0.05, 0.1) is 0 Å². The molecule has 0 aliphatic carbocycles. The van der Waals surface area contributed by atoms with Crippen molar-refractivity contribution < 1.29 is 4.42 Å². The number of furan rings is 1. The lowest BCUT2D eigenvalue weighted by atomic mass is 9.77. The molecule has 10 aromatic carbocycles. The van der Waals surface area contributed by atoms with Gasteiger partial charge in [0.15, 0.2) is 0 Å². The molecule has 0 bridgehead atoms. The number of para-hydroxylation sites is 1. The molecule has 1 heterocycles. The molecule has 0 spiro atoms. The zero-order valence-corrected chi connectivity index (χ0v) is 42.6. The van der Waals surface area contributed by atoms with Crippen LogP contribution < -0.4 is 0 Å². The van der Waals surface area contributed by atoms with E-state index >= 15 is 0 Å². The Morgan fingerprint density at radius 2 is 0.565 bits per heavy atom. The average molecular weight is 897 g/mol. The van der Waals surface area contributed by atoms with Gasteiger partial charge in [-0.25, -0.2) is 0 Å². The van der Waals surface area contributed by atoms with E-state index in [9.17, 15) is 0 Å². The smallest absolute Gasteiger partial charge is 0.143 e. The maximum Gasteiger partial charge on any atom is 0.143 e. The van der Waals surface area contributed by atoms with Crippen LogP contribution >= 0.6 is 0 Å². The highest BCUT2D eigenvalue weighted by atomic mass is 16.3. The van der Waals surface area contributed by atoms with Gasteiger partial charge in [0.2, 0.25) is 0 Å². The van der Waals surface area contributed by atoms with E-state index in [1.165, 1.54) is 104 Å². The van der Waals surface area contributed by atoms with Gasteiger partial charge in [-0.1, -0.05) is 247 Å². The SMILES string of the molecule is CC(C)(C)c1cc(-c2c3ccccc3c(-c3cccc4c3oc3cccc(-c5c6ccccc6c(-c6cc(C(C)(C)C)cc(C(C)(C)C)c6)c6ccccc56)c34)c3ccccc23)cc(C(C)(C)C)c1. The van der Waals surface area contributed by atoms with E-state index in [0.29, 0.717) is 0 Å². The topological polar surface area (TPSA) is 13.1 Å². The van der Waals surface area contributed by atoms with Crippen molar-refractivity contribution in [1.29, 1.82) is 0 Å². The minimum Gasteiger partial charge on any atom is -0.455 e. The summed E-state index contributed by atoms with van der Waals surface area (Å²) in [5.41, 5.74) is 17.0. The van der Waals surface area contributed by atoms with Crippen LogP contribution in [0.15, 0.2) is 174 Å². The summed E-state index contributed by atoms with van der Waals surface area (Å²) in [6.07, 6.45) is 0. The molecule has 11 aromatic rings. The number of fused-ring (bicyclic) bond motifs is 7. The van der Waals surface area contributed by atoms with Crippen molar-refractivity contribution in [2.75, 3.05) is 0 Å². The van der Waals surface area contributed by atoms with E-state index in [4.69, 9.17) is 4.42 Å². The molecule has 0 saturated heterocycles. The first-order valence-corrected chi connectivity index (χ1v) is 24.9. The standard InChI is InChI=1S/C68H64O/c1-65(2,3)43-35-41(36-44(39-43)66(4,5)6)59-47-23-13-17-27-51(47)61(52-28-18-14-24-48(52)59)55-31-22-34-58-63(55)57-33-21-32-56(64(57)69-58)62-53-29-19-15-25-49(53)60(50-26-16-20-30-54(50)62)42-37-45(67(7,8)9)40-46(38-42)68(10,11)12/h13-40H,1-12H3. The van der Waals surface area contributed by atoms with Crippen LogP contribution in [-0.2, 0) is 21.7 Å². The van der Waals surface area contributed by atoms with Gasteiger partial charge in [-0.2, -0.15) is 0 Å².